The normalized spacial score (nSPS) is 10.6. The van der Waals surface area contributed by atoms with Crippen LogP contribution in [-0.4, -0.2) is 25.7 Å². The first-order chi connectivity index (χ1) is 13.2. The van der Waals surface area contributed by atoms with E-state index in [4.69, 9.17) is 0 Å². The molecule has 0 unspecified atom stereocenters. The summed E-state index contributed by atoms with van der Waals surface area (Å²) in [5.74, 6) is -0.752. The number of nitrogens with zero attached hydrogens (tertiary/aromatic N) is 4. The molecule has 0 spiro atoms. The van der Waals surface area contributed by atoms with Gasteiger partial charge in [0.1, 0.15) is 5.82 Å². The summed E-state index contributed by atoms with van der Waals surface area (Å²) in [6.45, 7) is 0. The molecule has 0 fully saturated rings. The van der Waals surface area contributed by atoms with Crippen LogP contribution >= 0.6 is 0 Å². The van der Waals surface area contributed by atoms with Gasteiger partial charge in [-0.1, -0.05) is 6.07 Å². The highest BCUT2D eigenvalue weighted by atomic mass is 19.1. The average molecular weight is 359 g/mol. The fourth-order valence-corrected chi connectivity index (χ4v) is 2.66. The molecular formula is C20H14FN5O. The maximum Gasteiger partial charge on any atom is 0.276 e. The lowest BCUT2D eigenvalue weighted by Gasteiger charge is -2.07. The highest BCUT2D eigenvalue weighted by Gasteiger charge is 2.17. The highest BCUT2D eigenvalue weighted by molar-refractivity contribution is 6.03. The molecular weight excluding hydrogens is 345 g/mol. The zero-order valence-electron chi connectivity index (χ0n) is 14.1. The molecule has 0 atom stereocenters. The van der Waals surface area contributed by atoms with Gasteiger partial charge in [0.2, 0.25) is 0 Å². The van der Waals surface area contributed by atoms with Gasteiger partial charge in [0.25, 0.3) is 5.91 Å². The number of halogens is 1. The smallest absolute Gasteiger partial charge is 0.276 e. The maximum atomic E-state index is 13.7. The summed E-state index contributed by atoms with van der Waals surface area (Å²) < 4.78 is 15.2. The zero-order chi connectivity index (χ0) is 18.6. The number of hydrogen-bond acceptors (Lipinski definition) is 4. The lowest BCUT2D eigenvalue weighted by atomic mass is 10.2. The van der Waals surface area contributed by atoms with Gasteiger partial charge in [0.15, 0.2) is 5.69 Å². The van der Waals surface area contributed by atoms with Crippen molar-refractivity contribution in [3.05, 3.63) is 90.9 Å². The number of hydrogen-bond donors (Lipinski definition) is 1. The molecule has 1 N–H and O–H groups in total. The summed E-state index contributed by atoms with van der Waals surface area (Å²) in [5, 5.41) is 7.17. The van der Waals surface area contributed by atoms with Gasteiger partial charge in [-0.3, -0.25) is 14.8 Å². The molecule has 0 aliphatic carbocycles. The van der Waals surface area contributed by atoms with E-state index < -0.39 is 0 Å². The lowest BCUT2D eigenvalue weighted by Crippen LogP contribution is -2.13. The Kier molecular flexibility index (Phi) is 4.40. The number of pyridine rings is 2. The van der Waals surface area contributed by atoms with E-state index >= 15 is 0 Å². The topological polar surface area (TPSA) is 72.7 Å². The molecule has 132 valence electrons. The van der Waals surface area contributed by atoms with E-state index in [2.05, 4.69) is 20.4 Å². The van der Waals surface area contributed by atoms with E-state index in [9.17, 15) is 9.18 Å². The number of rotatable bonds is 4. The van der Waals surface area contributed by atoms with E-state index in [-0.39, 0.29) is 17.4 Å². The monoisotopic (exact) mass is 359 g/mol. The van der Waals surface area contributed by atoms with Crippen molar-refractivity contribution in [1.29, 1.82) is 0 Å². The van der Waals surface area contributed by atoms with Crippen LogP contribution in [0.15, 0.2) is 79.4 Å². The molecule has 6 nitrogen and oxygen atoms in total. The number of anilines is 1. The Balaban J connectivity index is 1.77. The lowest BCUT2D eigenvalue weighted by molar-refractivity contribution is 0.102. The van der Waals surface area contributed by atoms with Gasteiger partial charge < -0.3 is 5.32 Å². The average Bonchev–Trinajstić information content (AvgIpc) is 3.15. The quantitative estimate of drug-likeness (QED) is 0.603. The molecule has 4 rings (SSSR count). The Morgan fingerprint density at radius 2 is 1.63 bits per heavy atom. The minimum absolute atomic E-state index is 0.211. The molecule has 0 saturated heterocycles. The second kappa shape index (κ2) is 7.17. The van der Waals surface area contributed by atoms with Crippen molar-refractivity contribution in [2.24, 2.45) is 0 Å². The third kappa shape index (κ3) is 3.57. The van der Waals surface area contributed by atoms with Crippen molar-refractivity contribution in [3.8, 4) is 16.9 Å². The number of carbonyl (C=O) groups is 1. The number of aromatic nitrogens is 4. The molecule has 0 aliphatic rings. The minimum atomic E-state index is -0.383. The van der Waals surface area contributed by atoms with Crippen molar-refractivity contribution < 1.29 is 9.18 Å². The van der Waals surface area contributed by atoms with Crippen molar-refractivity contribution in [2.75, 3.05) is 5.32 Å². The van der Waals surface area contributed by atoms with Crippen LogP contribution in [0.4, 0.5) is 10.1 Å². The van der Waals surface area contributed by atoms with Crippen LogP contribution in [0.1, 0.15) is 10.5 Å². The van der Waals surface area contributed by atoms with Crippen LogP contribution in [0.3, 0.4) is 0 Å². The van der Waals surface area contributed by atoms with Crippen LogP contribution in [0, 0.1) is 5.82 Å². The van der Waals surface area contributed by atoms with Crippen LogP contribution in [0.5, 0.6) is 0 Å². The molecule has 0 saturated carbocycles. The number of carbonyl (C=O) groups excluding carboxylic acids is 1. The molecule has 0 bridgehead atoms. The Labute approximate surface area is 154 Å². The fourth-order valence-electron chi connectivity index (χ4n) is 2.66. The standard InChI is InChI=1S/C20H14FN5O/c21-15-2-1-3-17(12-15)26-19(14-4-8-22-9-5-14)13-18(25-26)20(27)24-16-6-10-23-11-7-16/h1-13H,(H,23,24,27). The van der Waals surface area contributed by atoms with E-state index in [1.165, 1.54) is 12.1 Å². The molecule has 1 aromatic carbocycles. The predicted octanol–water partition coefficient (Wildman–Crippen LogP) is 3.72. The highest BCUT2D eigenvalue weighted by Crippen LogP contribution is 2.24. The SMILES string of the molecule is O=C(Nc1ccncc1)c1cc(-c2ccncc2)n(-c2cccc(F)c2)n1. The first kappa shape index (κ1) is 16.6. The largest absolute Gasteiger partial charge is 0.320 e. The summed E-state index contributed by atoms with van der Waals surface area (Å²) >= 11 is 0. The Morgan fingerprint density at radius 3 is 2.33 bits per heavy atom. The summed E-state index contributed by atoms with van der Waals surface area (Å²) in [6.07, 6.45) is 6.47. The van der Waals surface area contributed by atoms with E-state index in [0.717, 1.165) is 5.56 Å². The fraction of sp³-hybridized carbons (Fsp3) is 0. The summed E-state index contributed by atoms with van der Waals surface area (Å²) in [4.78, 5) is 20.5. The molecule has 1 amide bonds. The molecule has 0 aliphatic heterocycles. The van der Waals surface area contributed by atoms with Gasteiger partial charge in [0.05, 0.1) is 11.4 Å². The second-order valence-corrected chi connectivity index (χ2v) is 5.73. The van der Waals surface area contributed by atoms with Gasteiger partial charge >= 0.3 is 0 Å². The second-order valence-electron chi connectivity index (χ2n) is 5.73. The molecule has 4 aromatic rings. The van der Waals surface area contributed by atoms with Gasteiger partial charge in [0, 0.05) is 36.0 Å². The van der Waals surface area contributed by atoms with Gasteiger partial charge in [-0.25, -0.2) is 9.07 Å². The maximum absolute atomic E-state index is 13.7. The predicted molar refractivity (Wildman–Crippen MR) is 98.9 cm³/mol. The van der Waals surface area contributed by atoms with E-state index in [1.54, 1.807) is 71.9 Å². The first-order valence-electron chi connectivity index (χ1n) is 8.18. The zero-order valence-corrected chi connectivity index (χ0v) is 14.1. The minimum Gasteiger partial charge on any atom is -0.320 e. The van der Waals surface area contributed by atoms with Gasteiger partial charge in [-0.2, -0.15) is 5.10 Å². The first-order valence-corrected chi connectivity index (χ1v) is 8.18. The summed E-state index contributed by atoms with van der Waals surface area (Å²) in [6, 6.07) is 14.7. The third-order valence-electron chi connectivity index (χ3n) is 3.91. The molecule has 3 aromatic heterocycles. The molecule has 7 heteroatoms. The van der Waals surface area contributed by atoms with Crippen LogP contribution in [0.2, 0.25) is 0 Å². The molecule has 27 heavy (non-hydrogen) atoms. The third-order valence-corrected chi connectivity index (χ3v) is 3.91. The Morgan fingerprint density at radius 1 is 0.926 bits per heavy atom. The number of benzene rings is 1. The summed E-state index contributed by atoms with van der Waals surface area (Å²) in [7, 11) is 0. The molecule has 0 radical (unpaired) electrons. The van der Waals surface area contributed by atoms with Crippen molar-refractivity contribution >= 4 is 11.6 Å². The van der Waals surface area contributed by atoms with E-state index in [1.807, 2.05) is 0 Å². The van der Waals surface area contributed by atoms with Crippen LogP contribution < -0.4 is 5.32 Å². The number of nitrogens with one attached hydrogen (secondary N) is 1. The summed E-state index contributed by atoms with van der Waals surface area (Å²) in [5.41, 5.74) is 2.81. The number of amides is 1. The Bertz CT molecular complexity index is 1080. The van der Waals surface area contributed by atoms with Crippen molar-refractivity contribution in [2.45, 2.75) is 0 Å². The van der Waals surface area contributed by atoms with Crippen molar-refractivity contribution in [3.63, 3.8) is 0 Å². The molecule has 3 heterocycles. The van der Waals surface area contributed by atoms with E-state index in [0.29, 0.717) is 17.1 Å². The van der Waals surface area contributed by atoms with Crippen molar-refractivity contribution in [1.82, 2.24) is 19.7 Å². The van der Waals surface area contributed by atoms with Crippen LogP contribution in [0.25, 0.3) is 16.9 Å². The van der Waals surface area contributed by atoms with Gasteiger partial charge in [-0.15, -0.1) is 0 Å². The van der Waals surface area contributed by atoms with Crippen LogP contribution in [-0.2, 0) is 0 Å². The Hall–Kier alpha value is -3.87. The van der Waals surface area contributed by atoms with Gasteiger partial charge in [-0.05, 0) is 48.5 Å².